The molecule has 1 aromatic rings. The Hall–Kier alpha value is 0.380. The minimum Gasteiger partial charge on any atom is -0.0826 e. The fourth-order valence-corrected chi connectivity index (χ4v) is 2.01. The van der Waals surface area contributed by atoms with E-state index in [4.69, 9.17) is 46.4 Å². The van der Waals surface area contributed by atoms with Crippen LogP contribution in [0.25, 0.3) is 0 Å². The molecule has 0 bridgehead atoms. The van der Waals surface area contributed by atoms with Gasteiger partial charge in [-0.1, -0.05) is 59.7 Å². The Kier molecular flexibility index (Phi) is 4.18. The summed E-state index contributed by atoms with van der Waals surface area (Å²) in [4.78, 5) is 0. The lowest BCUT2D eigenvalue weighted by molar-refractivity contribution is 0.922. The molecule has 0 heterocycles. The molecule has 0 N–H and O–H groups in total. The number of benzene rings is 1. The maximum absolute atomic E-state index is 5.97. The summed E-state index contributed by atoms with van der Waals surface area (Å²) in [6.07, 6.45) is 1.85. The van der Waals surface area contributed by atoms with Gasteiger partial charge in [-0.2, -0.15) is 0 Å². The van der Waals surface area contributed by atoms with Crippen LogP contribution >= 0.6 is 46.4 Å². The topological polar surface area (TPSA) is 0 Å². The molecule has 0 saturated heterocycles. The van der Waals surface area contributed by atoms with Crippen LogP contribution < -0.4 is 0 Å². The zero-order valence-corrected chi connectivity index (χ0v) is 10.0. The first-order valence-electron chi connectivity index (χ1n) is 3.89. The highest BCUT2D eigenvalue weighted by atomic mass is 35.5. The summed E-state index contributed by atoms with van der Waals surface area (Å²) >= 11 is 23.5. The SMILES string of the molecule is CCCc1cc(Cl)c(Cl)c(Cl)c1Cl. The van der Waals surface area contributed by atoms with E-state index in [0.29, 0.717) is 20.1 Å². The van der Waals surface area contributed by atoms with Gasteiger partial charge < -0.3 is 0 Å². The highest BCUT2D eigenvalue weighted by Gasteiger charge is 2.11. The third kappa shape index (κ3) is 2.44. The number of hydrogen-bond donors (Lipinski definition) is 0. The van der Waals surface area contributed by atoms with Gasteiger partial charge in [0.1, 0.15) is 0 Å². The summed E-state index contributed by atoms with van der Waals surface area (Å²) in [5.41, 5.74) is 0.948. The van der Waals surface area contributed by atoms with Crippen molar-refractivity contribution in [3.05, 3.63) is 31.7 Å². The van der Waals surface area contributed by atoms with Gasteiger partial charge >= 0.3 is 0 Å². The third-order valence-corrected chi connectivity index (χ3v) is 3.49. The first kappa shape index (κ1) is 11.5. The van der Waals surface area contributed by atoms with E-state index in [0.717, 1.165) is 18.4 Å². The standard InChI is InChI=1S/C9H8Cl4/c1-2-3-5-4-6(10)8(12)9(13)7(5)11/h4H,2-3H2,1H3. The van der Waals surface area contributed by atoms with Crippen LogP contribution in [0.2, 0.25) is 20.1 Å². The van der Waals surface area contributed by atoms with Crippen molar-refractivity contribution < 1.29 is 0 Å². The van der Waals surface area contributed by atoms with Crippen LogP contribution in [0.3, 0.4) is 0 Å². The van der Waals surface area contributed by atoms with Crippen molar-refractivity contribution >= 4 is 46.4 Å². The maximum Gasteiger partial charge on any atom is 0.0796 e. The summed E-state index contributed by atoms with van der Waals surface area (Å²) < 4.78 is 0. The average molecular weight is 258 g/mol. The maximum atomic E-state index is 5.97. The minimum absolute atomic E-state index is 0.327. The second-order valence-corrected chi connectivity index (χ2v) is 4.25. The van der Waals surface area contributed by atoms with Crippen LogP contribution in [0, 0.1) is 0 Å². The summed E-state index contributed by atoms with van der Waals surface area (Å²) in [5, 5.41) is 1.64. The molecule has 1 aromatic carbocycles. The van der Waals surface area contributed by atoms with Gasteiger partial charge in [-0.15, -0.1) is 0 Å². The van der Waals surface area contributed by atoms with Crippen molar-refractivity contribution in [2.75, 3.05) is 0 Å². The van der Waals surface area contributed by atoms with E-state index in [9.17, 15) is 0 Å². The molecule has 72 valence electrons. The molecule has 0 unspecified atom stereocenters. The van der Waals surface area contributed by atoms with E-state index < -0.39 is 0 Å². The Bertz CT molecular complexity index is 320. The van der Waals surface area contributed by atoms with Crippen molar-refractivity contribution in [3.63, 3.8) is 0 Å². The Morgan fingerprint density at radius 1 is 1.00 bits per heavy atom. The zero-order chi connectivity index (χ0) is 10.0. The molecule has 13 heavy (non-hydrogen) atoms. The first-order valence-corrected chi connectivity index (χ1v) is 5.41. The second-order valence-electron chi connectivity index (χ2n) is 2.71. The van der Waals surface area contributed by atoms with Crippen molar-refractivity contribution in [2.45, 2.75) is 19.8 Å². The Morgan fingerprint density at radius 3 is 2.15 bits per heavy atom. The van der Waals surface area contributed by atoms with E-state index in [1.54, 1.807) is 6.07 Å². The van der Waals surface area contributed by atoms with Gasteiger partial charge in [-0.3, -0.25) is 0 Å². The number of rotatable bonds is 2. The molecule has 0 saturated carbocycles. The molecule has 0 aliphatic heterocycles. The number of halogens is 4. The molecule has 0 fully saturated rings. The number of aryl methyl sites for hydroxylation is 1. The largest absolute Gasteiger partial charge is 0.0826 e. The van der Waals surface area contributed by atoms with E-state index in [1.807, 2.05) is 0 Å². The lowest BCUT2D eigenvalue weighted by Gasteiger charge is -2.07. The first-order chi connectivity index (χ1) is 6.07. The fourth-order valence-electron chi connectivity index (χ4n) is 1.07. The summed E-state index contributed by atoms with van der Waals surface area (Å²) in [6, 6.07) is 1.77. The summed E-state index contributed by atoms with van der Waals surface area (Å²) in [6.45, 7) is 2.06. The Morgan fingerprint density at radius 2 is 1.62 bits per heavy atom. The smallest absolute Gasteiger partial charge is 0.0796 e. The quantitative estimate of drug-likeness (QED) is 0.501. The van der Waals surface area contributed by atoms with E-state index in [1.165, 1.54) is 0 Å². The van der Waals surface area contributed by atoms with Crippen LogP contribution in [0.5, 0.6) is 0 Å². The van der Waals surface area contributed by atoms with Gasteiger partial charge in [-0.25, -0.2) is 0 Å². The molecular weight excluding hydrogens is 250 g/mol. The van der Waals surface area contributed by atoms with E-state index in [-0.39, 0.29) is 0 Å². The molecule has 0 aliphatic carbocycles. The second kappa shape index (κ2) is 4.75. The summed E-state index contributed by atoms with van der Waals surface area (Å²) in [7, 11) is 0. The van der Waals surface area contributed by atoms with Gasteiger partial charge in [0.2, 0.25) is 0 Å². The molecule has 0 nitrogen and oxygen atoms in total. The Balaban J connectivity index is 3.24. The van der Waals surface area contributed by atoms with Crippen LogP contribution in [0.1, 0.15) is 18.9 Å². The van der Waals surface area contributed by atoms with Gasteiger partial charge in [0.25, 0.3) is 0 Å². The van der Waals surface area contributed by atoms with Crippen molar-refractivity contribution in [1.29, 1.82) is 0 Å². The number of hydrogen-bond acceptors (Lipinski definition) is 0. The van der Waals surface area contributed by atoms with E-state index >= 15 is 0 Å². The summed E-state index contributed by atoms with van der Waals surface area (Å²) in [5.74, 6) is 0. The minimum atomic E-state index is 0.327. The molecule has 0 aliphatic rings. The molecule has 1 rings (SSSR count). The predicted molar refractivity (Wildman–Crippen MR) is 60.5 cm³/mol. The molecular formula is C9H8Cl4. The van der Waals surface area contributed by atoms with Crippen LogP contribution in [0.4, 0.5) is 0 Å². The third-order valence-electron chi connectivity index (χ3n) is 1.70. The molecule has 0 atom stereocenters. The van der Waals surface area contributed by atoms with Crippen LogP contribution in [-0.4, -0.2) is 0 Å². The normalized spacial score (nSPS) is 10.5. The fraction of sp³-hybridized carbons (Fsp3) is 0.333. The Labute approximate surface area is 97.7 Å². The highest BCUT2D eigenvalue weighted by molar-refractivity contribution is 6.51. The average Bonchev–Trinajstić information content (AvgIpc) is 2.11. The molecule has 0 radical (unpaired) electrons. The van der Waals surface area contributed by atoms with Gasteiger partial charge in [0.05, 0.1) is 20.1 Å². The highest BCUT2D eigenvalue weighted by Crippen LogP contribution is 2.38. The van der Waals surface area contributed by atoms with Crippen LogP contribution in [0.15, 0.2) is 6.07 Å². The molecule has 0 amide bonds. The lowest BCUT2D eigenvalue weighted by Crippen LogP contribution is -1.87. The van der Waals surface area contributed by atoms with Gasteiger partial charge in [-0.05, 0) is 18.1 Å². The molecule has 0 spiro atoms. The van der Waals surface area contributed by atoms with Gasteiger partial charge in [0, 0.05) is 0 Å². The lowest BCUT2D eigenvalue weighted by atomic mass is 10.1. The van der Waals surface area contributed by atoms with Gasteiger partial charge in [0.15, 0.2) is 0 Å². The van der Waals surface area contributed by atoms with E-state index in [2.05, 4.69) is 6.92 Å². The monoisotopic (exact) mass is 256 g/mol. The van der Waals surface area contributed by atoms with Crippen LogP contribution in [-0.2, 0) is 6.42 Å². The molecule has 0 aromatic heterocycles. The predicted octanol–water partition coefficient (Wildman–Crippen LogP) is 5.25. The van der Waals surface area contributed by atoms with Crippen molar-refractivity contribution in [2.24, 2.45) is 0 Å². The van der Waals surface area contributed by atoms with Crippen molar-refractivity contribution in [3.8, 4) is 0 Å². The van der Waals surface area contributed by atoms with Crippen molar-refractivity contribution in [1.82, 2.24) is 0 Å². The zero-order valence-electron chi connectivity index (χ0n) is 7.00. The molecule has 4 heteroatoms.